The number of rotatable bonds is 4. The second-order valence-electron chi connectivity index (χ2n) is 5.75. The third-order valence-electron chi connectivity index (χ3n) is 3.85. The first-order valence-electron chi connectivity index (χ1n) is 6.23. The van der Waals surface area contributed by atoms with Crippen molar-refractivity contribution in [3.63, 3.8) is 0 Å². The monoisotopic (exact) mass is 284 g/mol. The summed E-state index contributed by atoms with van der Waals surface area (Å²) in [5.41, 5.74) is 6.42. The first kappa shape index (κ1) is 14.3. The van der Waals surface area contributed by atoms with Gasteiger partial charge in [-0.3, -0.25) is 0 Å². The van der Waals surface area contributed by atoms with Gasteiger partial charge in [0, 0.05) is 17.1 Å². The van der Waals surface area contributed by atoms with Crippen LogP contribution >= 0.6 is 0 Å². The zero-order valence-corrected chi connectivity index (χ0v) is 11.9. The molecule has 1 aliphatic carbocycles. The van der Waals surface area contributed by atoms with Gasteiger partial charge in [-0.25, -0.2) is 13.1 Å². The molecule has 0 bridgehead atoms. The van der Waals surface area contributed by atoms with Gasteiger partial charge in [-0.05, 0) is 24.1 Å². The average Bonchev–Trinajstić information content (AvgIpc) is 2.27. The predicted molar refractivity (Wildman–Crippen MR) is 74.8 cm³/mol. The van der Waals surface area contributed by atoms with Crippen LogP contribution < -0.4 is 10.5 Å². The van der Waals surface area contributed by atoms with Gasteiger partial charge in [-0.2, -0.15) is 0 Å². The molecule has 0 amide bonds. The first-order valence-corrected chi connectivity index (χ1v) is 7.88. The van der Waals surface area contributed by atoms with Gasteiger partial charge in [0.25, 0.3) is 0 Å². The predicted octanol–water partition coefficient (Wildman–Crippen LogP) is 0.848. The Morgan fingerprint density at radius 2 is 2.16 bits per heavy atom. The van der Waals surface area contributed by atoms with E-state index in [1.54, 1.807) is 24.3 Å². The van der Waals surface area contributed by atoms with Crippen molar-refractivity contribution in [1.82, 2.24) is 4.72 Å². The van der Waals surface area contributed by atoms with Crippen molar-refractivity contribution in [2.75, 3.05) is 5.73 Å². The maximum atomic E-state index is 12.1. The molecule has 2 atom stereocenters. The van der Waals surface area contributed by atoms with Crippen LogP contribution in [-0.2, 0) is 15.8 Å². The zero-order valence-electron chi connectivity index (χ0n) is 11.1. The van der Waals surface area contributed by atoms with Gasteiger partial charge in [-0.15, -0.1) is 0 Å². The number of nitrogen functional groups attached to an aromatic ring is 1. The van der Waals surface area contributed by atoms with E-state index in [1.807, 2.05) is 13.8 Å². The molecule has 4 N–H and O–H groups in total. The maximum absolute atomic E-state index is 12.1. The van der Waals surface area contributed by atoms with Crippen LogP contribution in [0.2, 0.25) is 0 Å². The average molecular weight is 284 g/mol. The lowest BCUT2D eigenvalue weighted by Gasteiger charge is -2.49. The highest BCUT2D eigenvalue weighted by molar-refractivity contribution is 7.88. The van der Waals surface area contributed by atoms with E-state index in [9.17, 15) is 13.5 Å². The van der Waals surface area contributed by atoms with E-state index >= 15 is 0 Å². The Labute approximate surface area is 113 Å². The molecular formula is C13H20N2O3S. The molecule has 6 heteroatoms. The molecule has 1 saturated carbocycles. The second kappa shape index (κ2) is 4.77. The van der Waals surface area contributed by atoms with Gasteiger partial charge in [0.2, 0.25) is 10.0 Å². The summed E-state index contributed by atoms with van der Waals surface area (Å²) in [6.07, 6.45) is 0.0101. The highest BCUT2D eigenvalue weighted by Gasteiger charge is 2.48. The lowest BCUT2D eigenvalue weighted by atomic mass is 9.65. The molecule has 5 nitrogen and oxygen atoms in total. The van der Waals surface area contributed by atoms with Crippen LogP contribution in [0, 0.1) is 5.41 Å². The Morgan fingerprint density at radius 1 is 1.47 bits per heavy atom. The summed E-state index contributed by atoms with van der Waals surface area (Å²) in [5, 5.41) is 9.62. The number of aliphatic hydroxyl groups is 1. The van der Waals surface area contributed by atoms with Gasteiger partial charge in [0.1, 0.15) is 0 Å². The van der Waals surface area contributed by atoms with Crippen LogP contribution in [0.3, 0.4) is 0 Å². The number of sulfonamides is 1. The summed E-state index contributed by atoms with van der Waals surface area (Å²) in [7, 11) is -3.42. The summed E-state index contributed by atoms with van der Waals surface area (Å²) in [5.74, 6) is -0.0965. The number of nitrogens with two attached hydrogens (primary N) is 1. The van der Waals surface area contributed by atoms with Gasteiger partial charge >= 0.3 is 0 Å². The molecule has 0 saturated heterocycles. The lowest BCUT2D eigenvalue weighted by Crippen LogP contribution is -2.61. The Morgan fingerprint density at radius 3 is 2.68 bits per heavy atom. The first-order chi connectivity index (χ1) is 8.71. The number of hydrogen-bond donors (Lipinski definition) is 3. The molecule has 1 aromatic rings. The van der Waals surface area contributed by atoms with Crippen molar-refractivity contribution in [2.24, 2.45) is 5.41 Å². The van der Waals surface area contributed by atoms with Gasteiger partial charge < -0.3 is 10.8 Å². The smallest absolute Gasteiger partial charge is 0.216 e. The fourth-order valence-electron chi connectivity index (χ4n) is 2.26. The molecule has 2 unspecified atom stereocenters. The van der Waals surface area contributed by atoms with E-state index in [1.165, 1.54) is 0 Å². The van der Waals surface area contributed by atoms with E-state index in [2.05, 4.69) is 4.72 Å². The van der Waals surface area contributed by atoms with Crippen LogP contribution in [0.1, 0.15) is 25.8 Å². The normalized spacial score (nSPS) is 25.8. The Balaban J connectivity index is 2.04. The summed E-state index contributed by atoms with van der Waals surface area (Å²) < 4.78 is 26.8. The highest BCUT2D eigenvalue weighted by Crippen LogP contribution is 2.40. The maximum Gasteiger partial charge on any atom is 0.216 e. The summed E-state index contributed by atoms with van der Waals surface area (Å²) in [4.78, 5) is 0. The van der Waals surface area contributed by atoms with Gasteiger partial charge in [-0.1, -0.05) is 26.0 Å². The topological polar surface area (TPSA) is 92.4 Å². The fraction of sp³-hybridized carbons (Fsp3) is 0.538. The van der Waals surface area contributed by atoms with Gasteiger partial charge in [0.15, 0.2) is 0 Å². The van der Waals surface area contributed by atoms with Crippen molar-refractivity contribution in [3.05, 3.63) is 29.8 Å². The molecule has 0 spiro atoms. The Kier molecular flexibility index (Phi) is 3.59. The highest BCUT2D eigenvalue weighted by atomic mass is 32.2. The molecule has 19 heavy (non-hydrogen) atoms. The van der Waals surface area contributed by atoms with E-state index in [4.69, 9.17) is 5.73 Å². The molecule has 0 aromatic heterocycles. The van der Waals surface area contributed by atoms with E-state index < -0.39 is 21.5 Å². The third kappa shape index (κ3) is 3.08. The Bertz CT molecular complexity index is 569. The minimum absolute atomic E-state index is 0.0965. The van der Waals surface area contributed by atoms with Crippen LogP contribution in [0.25, 0.3) is 0 Å². The standard InChI is InChI=1S/C13H20N2O3S/c1-13(2)11(7-12(13)16)15-19(17,18)8-9-4-3-5-10(14)6-9/h3-6,11-12,15-16H,7-8,14H2,1-2H3. The number of benzene rings is 1. The summed E-state index contributed by atoms with van der Waals surface area (Å²) in [6, 6.07) is 6.62. The van der Waals surface area contributed by atoms with Crippen LogP contribution in [-0.4, -0.2) is 25.7 Å². The second-order valence-corrected chi connectivity index (χ2v) is 7.50. The molecule has 1 aromatic carbocycles. The fourth-order valence-corrected chi connectivity index (χ4v) is 3.80. The minimum atomic E-state index is -3.42. The number of anilines is 1. The number of nitrogens with one attached hydrogen (secondary N) is 1. The lowest BCUT2D eigenvalue weighted by molar-refractivity contribution is -0.0645. The van der Waals surface area contributed by atoms with Crippen molar-refractivity contribution in [3.8, 4) is 0 Å². The molecule has 1 fully saturated rings. The van der Waals surface area contributed by atoms with E-state index in [0.717, 1.165) is 0 Å². The summed E-state index contributed by atoms with van der Waals surface area (Å²) >= 11 is 0. The molecule has 1 aliphatic rings. The third-order valence-corrected chi connectivity index (χ3v) is 5.20. The van der Waals surface area contributed by atoms with Gasteiger partial charge in [0.05, 0.1) is 11.9 Å². The molecular weight excluding hydrogens is 264 g/mol. The van der Waals surface area contributed by atoms with Crippen LogP contribution in [0.15, 0.2) is 24.3 Å². The summed E-state index contributed by atoms with van der Waals surface area (Å²) in [6.45, 7) is 3.71. The van der Waals surface area contributed by atoms with E-state index in [-0.39, 0.29) is 11.8 Å². The molecule has 2 rings (SSSR count). The largest absolute Gasteiger partial charge is 0.399 e. The molecule has 0 radical (unpaired) electrons. The number of hydrogen-bond acceptors (Lipinski definition) is 4. The number of aliphatic hydroxyl groups excluding tert-OH is 1. The molecule has 106 valence electrons. The quantitative estimate of drug-likeness (QED) is 0.715. The van der Waals surface area contributed by atoms with Crippen molar-refractivity contribution >= 4 is 15.7 Å². The van der Waals surface area contributed by atoms with E-state index in [0.29, 0.717) is 17.7 Å². The SMILES string of the molecule is CC1(C)C(O)CC1NS(=O)(=O)Cc1cccc(N)c1. The Hall–Kier alpha value is -1.11. The van der Waals surface area contributed by atoms with Crippen molar-refractivity contribution < 1.29 is 13.5 Å². The van der Waals surface area contributed by atoms with Crippen LogP contribution in [0.4, 0.5) is 5.69 Å². The zero-order chi connectivity index (χ0) is 14.3. The molecule has 0 heterocycles. The van der Waals surface area contributed by atoms with Crippen LogP contribution in [0.5, 0.6) is 0 Å². The molecule has 0 aliphatic heterocycles. The minimum Gasteiger partial charge on any atom is -0.399 e. The van der Waals surface area contributed by atoms with Crippen molar-refractivity contribution in [1.29, 1.82) is 0 Å². The van der Waals surface area contributed by atoms with Crippen molar-refractivity contribution in [2.45, 2.75) is 38.2 Å².